The van der Waals surface area contributed by atoms with Gasteiger partial charge < -0.3 is 0 Å². The minimum atomic E-state index is 0.947. The van der Waals surface area contributed by atoms with Crippen molar-refractivity contribution in [2.45, 2.75) is 20.3 Å². The number of nitrogens with zero attached hydrogens (tertiary/aromatic N) is 1. The lowest BCUT2D eigenvalue weighted by Crippen LogP contribution is -1.68. The van der Waals surface area contributed by atoms with Gasteiger partial charge in [-0.25, -0.2) is 0 Å². The van der Waals surface area contributed by atoms with Crippen molar-refractivity contribution in [2.75, 3.05) is 0 Å². The van der Waals surface area contributed by atoms with Gasteiger partial charge >= 0.3 is 0 Å². The van der Waals surface area contributed by atoms with Gasteiger partial charge in [0.15, 0.2) is 0 Å². The Labute approximate surface area is 44.8 Å². The van der Waals surface area contributed by atoms with Crippen molar-refractivity contribution in [2.24, 2.45) is 4.99 Å². The van der Waals surface area contributed by atoms with Gasteiger partial charge in [0.05, 0.1) is 0 Å². The summed E-state index contributed by atoms with van der Waals surface area (Å²) in [6, 6.07) is 0. The molecule has 0 bridgehead atoms. The number of hydrogen-bond acceptors (Lipinski definition) is 1. The Morgan fingerprint density at radius 1 is 1.86 bits per heavy atom. The van der Waals surface area contributed by atoms with Crippen molar-refractivity contribution in [3.05, 3.63) is 12.3 Å². The second kappa shape index (κ2) is 3.59. The van der Waals surface area contributed by atoms with E-state index in [9.17, 15) is 0 Å². The van der Waals surface area contributed by atoms with E-state index < -0.39 is 0 Å². The number of aliphatic imine (C=N–C) groups is 1. The molecule has 0 saturated carbocycles. The fourth-order valence-corrected chi connectivity index (χ4v) is 0.274. The van der Waals surface area contributed by atoms with Crippen molar-refractivity contribution in [3.8, 4) is 0 Å². The molecular weight excluding hydrogens is 86.1 g/mol. The van der Waals surface area contributed by atoms with E-state index in [4.69, 9.17) is 0 Å². The molecule has 0 unspecified atom stereocenters. The summed E-state index contributed by atoms with van der Waals surface area (Å²) in [6.07, 6.45) is 2.70. The summed E-state index contributed by atoms with van der Waals surface area (Å²) in [5.74, 6) is 0. The van der Waals surface area contributed by atoms with Crippen LogP contribution in [0.1, 0.15) is 20.3 Å². The summed E-state index contributed by atoms with van der Waals surface area (Å²) >= 11 is 0. The van der Waals surface area contributed by atoms with E-state index in [0.29, 0.717) is 0 Å². The van der Waals surface area contributed by atoms with E-state index in [1.807, 2.05) is 13.8 Å². The smallest absolute Gasteiger partial charge is 0.0325 e. The molecule has 0 heterocycles. The molecule has 0 aliphatic carbocycles. The lowest BCUT2D eigenvalue weighted by molar-refractivity contribution is 1.08. The zero-order valence-electron chi connectivity index (χ0n) is 4.94. The first kappa shape index (κ1) is 6.41. The van der Waals surface area contributed by atoms with Crippen LogP contribution < -0.4 is 0 Å². The Balaban J connectivity index is 3.37. The van der Waals surface area contributed by atoms with Crippen LogP contribution in [0.25, 0.3) is 0 Å². The molecule has 0 aromatic rings. The van der Waals surface area contributed by atoms with Gasteiger partial charge in [0.1, 0.15) is 0 Å². The van der Waals surface area contributed by atoms with Crippen LogP contribution in [0.15, 0.2) is 17.3 Å². The Morgan fingerprint density at radius 2 is 2.43 bits per heavy atom. The molecule has 40 valence electrons. The average Bonchev–Trinajstić information content (AvgIpc) is 1.68. The molecule has 1 heteroatoms. The zero-order chi connectivity index (χ0) is 5.70. The van der Waals surface area contributed by atoms with Crippen molar-refractivity contribution in [1.29, 1.82) is 0 Å². The highest BCUT2D eigenvalue weighted by Crippen LogP contribution is 1.94. The molecule has 0 radical (unpaired) electrons. The van der Waals surface area contributed by atoms with E-state index in [0.717, 1.165) is 12.1 Å². The summed E-state index contributed by atoms with van der Waals surface area (Å²) in [5, 5.41) is 0. The van der Waals surface area contributed by atoms with Crippen LogP contribution in [0.3, 0.4) is 0 Å². The molecule has 0 rings (SSSR count). The van der Waals surface area contributed by atoms with Gasteiger partial charge in [-0.1, -0.05) is 13.5 Å². The Bertz CT molecular complexity index is 82.2. The van der Waals surface area contributed by atoms with Gasteiger partial charge in [0, 0.05) is 11.9 Å². The monoisotopic (exact) mass is 97.1 g/mol. The largest absolute Gasteiger partial charge is 0.267 e. The average molecular weight is 97.2 g/mol. The maximum atomic E-state index is 3.92. The molecular formula is C6H11N. The van der Waals surface area contributed by atoms with E-state index in [-0.39, 0.29) is 0 Å². The molecule has 0 saturated heterocycles. The topological polar surface area (TPSA) is 12.4 Å². The summed E-state index contributed by atoms with van der Waals surface area (Å²) in [5.41, 5.74) is 0.947. The maximum absolute atomic E-state index is 3.92. The highest BCUT2D eigenvalue weighted by atomic mass is 14.7. The van der Waals surface area contributed by atoms with Crippen LogP contribution in [-0.2, 0) is 0 Å². The van der Waals surface area contributed by atoms with Crippen molar-refractivity contribution >= 4 is 6.21 Å². The molecule has 0 aromatic carbocycles. The van der Waals surface area contributed by atoms with Crippen LogP contribution in [0.2, 0.25) is 0 Å². The summed E-state index contributed by atoms with van der Waals surface area (Å²) in [6.45, 7) is 7.59. The highest BCUT2D eigenvalue weighted by Gasteiger charge is 1.76. The molecule has 0 aliphatic heterocycles. The minimum absolute atomic E-state index is 0.947. The fraction of sp³-hybridized carbons (Fsp3) is 0.500. The third-order valence-corrected chi connectivity index (χ3v) is 0.720. The third kappa shape index (κ3) is 3.23. The molecule has 0 amide bonds. The fourth-order valence-electron chi connectivity index (χ4n) is 0.274. The van der Waals surface area contributed by atoms with Gasteiger partial charge in [-0.15, -0.1) is 0 Å². The predicted octanol–water partition coefficient (Wildman–Crippen LogP) is 2.00. The molecule has 0 fully saturated rings. The Morgan fingerprint density at radius 3 is 2.57 bits per heavy atom. The van der Waals surface area contributed by atoms with E-state index >= 15 is 0 Å². The molecule has 7 heavy (non-hydrogen) atoms. The molecule has 0 N–H and O–H groups in total. The Kier molecular flexibility index (Phi) is 3.29. The number of allylic oxidation sites excluding steroid dienone is 1. The maximum Gasteiger partial charge on any atom is 0.0325 e. The van der Waals surface area contributed by atoms with Crippen molar-refractivity contribution < 1.29 is 0 Å². The van der Waals surface area contributed by atoms with Crippen LogP contribution in [0, 0.1) is 0 Å². The second-order valence-electron chi connectivity index (χ2n) is 1.31. The van der Waals surface area contributed by atoms with E-state index in [2.05, 4.69) is 11.6 Å². The zero-order valence-corrected chi connectivity index (χ0v) is 4.94. The van der Waals surface area contributed by atoms with Gasteiger partial charge in [-0.2, -0.15) is 0 Å². The second-order valence-corrected chi connectivity index (χ2v) is 1.31. The van der Waals surface area contributed by atoms with Crippen LogP contribution in [-0.4, -0.2) is 6.21 Å². The van der Waals surface area contributed by atoms with Crippen LogP contribution >= 0.6 is 0 Å². The van der Waals surface area contributed by atoms with Gasteiger partial charge in [-0.3, -0.25) is 4.99 Å². The van der Waals surface area contributed by atoms with E-state index in [1.165, 1.54) is 0 Å². The number of hydrogen-bond donors (Lipinski definition) is 0. The van der Waals surface area contributed by atoms with Gasteiger partial charge in [0.25, 0.3) is 0 Å². The first-order valence-corrected chi connectivity index (χ1v) is 2.47. The third-order valence-electron chi connectivity index (χ3n) is 0.720. The molecule has 0 atom stereocenters. The first-order chi connectivity index (χ1) is 3.31. The summed E-state index contributed by atoms with van der Waals surface area (Å²) < 4.78 is 0. The molecule has 0 aromatic heterocycles. The summed E-state index contributed by atoms with van der Waals surface area (Å²) in [4.78, 5) is 3.92. The highest BCUT2D eigenvalue weighted by molar-refractivity contribution is 5.54. The molecule has 0 spiro atoms. The van der Waals surface area contributed by atoms with E-state index in [1.54, 1.807) is 6.21 Å². The predicted molar refractivity (Wildman–Crippen MR) is 33.6 cm³/mol. The number of rotatable bonds is 2. The lowest BCUT2D eigenvalue weighted by atomic mass is 10.4. The van der Waals surface area contributed by atoms with Crippen LogP contribution in [0.4, 0.5) is 0 Å². The lowest BCUT2D eigenvalue weighted by Gasteiger charge is -1.85. The standard InChI is InChI=1S/C6H11N/c1-4-6(3)7-5-2/h5H,3-4H2,1-2H3/b7-5-. The minimum Gasteiger partial charge on any atom is -0.267 e. The molecule has 0 aliphatic rings. The van der Waals surface area contributed by atoms with Gasteiger partial charge in [0.2, 0.25) is 0 Å². The van der Waals surface area contributed by atoms with Crippen LogP contribution in [0.5, 0.6) is 0 Å². The molecule has 1 nitrogen and oxygen atoms in total. The normalized spacial score (nSPS) is 10.0. The van der Waals surface area contributed by atoms with Crippen molar-refractivity contribution in [1.82, 2.24) is 0 Å². The Hall–Kier alpha value is -0.590. The SMILES string of the molecule is C=C(CC)/N=C\C. The van der Waals surface area contributed by atoms with Crippen molar-refractivity contribution in [3.63, 3.8) is 0 Å². The van der Waals surface area contributed by atoms with Gasteiger partial charge in [-0.05, 0) is 13.3 Å². The quantitative estimate of drug-likeness (QED) is 0.467. The first-order valence-electron chi connectivity index (χ1n) is 2.47. The summed E-state index contributed by atoms with van der Waals surface area (Å²) in [7, 11) is 0.